The van der Waals surface area contributed by atoms with E-state index in [4.69, 9.17) is 4.74 Å². The number of alkyl halides is 2. The Balaban J connectivity index is 1.71. The Labute approximate surface area is 240 Å². The fraction of sp³-hybridized carbons (Fsp3) is 0.296. The minimum Gasteiger partial charge on any atom is -0.358 e. The number of anilines is 5. The molecule has 42 heavy (non-hydrogen) atoms. The van der Waals surface area contributed by atoms with Crippen LogP contribution in [0.15, 0.2) is 42.5 Å². The molecule has 4 aromatic rings. The summed E-state index contributed by atoms with van der Waals surface area (Å²) in [7, 11) is -2.41. The molecule has 0 radical (unpaired) electrons. The largest absolute Gasteiger partial charge is 0.358 e. The van der Waals surface area contributed by atoms with Crippen LogP contribution in [-0.4, -0.2) is 54.1 Å². The Morgan fingerprint density at radius 3 is 2.60 bits per heavy atom. The maximum Gasteiger partial charge on any atom is 0.295 e. The van der Waals surface area contributed by atoms with E-state index < -0.39 is 28.5 Å². The number of halogens is 2. The number of nitriles is 1. The minimum absolute atomic E-state index is 0.0937. The molecular formula is C27H26F2N8O4S. The van der Waals surface area contributed by atoms with Crippen LogP contribution < -0.4 is 14.9 Å². The lowest BCUT2D eigenvalue weighted by molar-refractivity contribution is -0.0363. The summed E-state index contributed by atoms with van der Waals surface area (Å²) in [6.07, 6.45) is -0.0157. The molecule has 0 saturated carbocycles. The molecule has 12 nitrogen and oxygen atoms in total. The molecule has 1 aliphatic rings. The van der Waals surface area contributed by atoms with Gasteiger partial charge in [-0.3, -0.25) is 13.7 Å². The van der Waals surface area contributed by atoms with Crippen LogP contribution in [0.5, 0.6) is 0 Å². The van der Waals surface area contributed by atoms with E-state index in [0.717, 1.165) is 23.4 Å². The number of pyridine rings is 2. The van der Waals surface area contributed by atoms with E-state index in [9.17, 15) is 27.3 Å². The Bertz CT molecular complexity index is 1800. The Morgan fingerprint density at radius 1 is 1.12 bits per heavy atom. The van der Waals surface area contributed by atoms with Crippen molar-refractivity contribution < 1.29 is 26.7 Å². The van der Waals surface area contributed by atoms with Gasteiger partial charge in [-0.25, -0.2) is 32.2 Å². The van der Waals surface area contributed by atoms with Crippen molar-refractivity contribution in [1.82, 2.24) is 19.5 Å². The van der Waals surface area contributed by atoms with Crippen LogP contribution in [0.2, 0.25) is 0 Å². The molecule has 1 atom stereocenters. The van der Waals surface area contributed by atoms with E-state index in [-0.39, 0.29) is 51.1 Å². The molecule has 0 bridgehead atoms. The predicted molar refractivity (Wildman–Crippen MR) is 152 cm³/mol. The van der Waals surface area contributed by atoms with Crippen molar-refractivity contribution in [2.75, 3.05) is 34.8 Å². The topological polar surface area (TPSA) is 155 Å². The Kier molecular flexibility index (Phi) is 8.01. The summed E-state index contributed by atoms with van der Waals surface area (Å²) < 4.78 is 61.6. The number of rotatable bonds is 9. The first kappa shape index (κ1) is 28.8. The standard InChI is InChI=1S/C27H26F2N8O4S/c1-36(42(2,39)40)20-12-16(15-38)9-10-18(20)32-19-13-22(33-21-7-5-6-17(14-30)31-21)34-26-24(19)35-27(25(28)29)37(26)23-8-3-4-11-41-23/h5-7,9-10,12-13,15,23,25H,3-4,8,11H2,1-2H3,(H2,31,32,33,34). The van der Waals surface area contributed by atoms with Crippen molar-refractivity contribution in [3.8, 4) is 6.07 Å². The highest BCUT2D eigenvalue weighted by molar-refractivity contribution is 7.92. The quantitative estimate of drug-likeness (QED) is 0.251. The molecule has 218 valence electrons. The van der Waals surface area contributed by atoms with E-state index in [1.165, 1.54) is 41.9 Å². The third-order valence-electron chi connectivity index (χ3n) is 6.70. The number of fused-ring (bicyclic) bond motifs is 1. The lowest BCUT2D eigenvalue weighted by Gasteiger charge is -2.25. The van der Waals surface area contributed by atoms with Gasteiger partial charge in [-0.05, 0) is 49.6 Å². The van der Waals surface area contributed by atoms with Gasteiger partial charge in [-0.15, -0.1) is 0 Å². The van der Waals surface area contributed by atoms with Crippen molar-refractivity contribution in [3.63, 3.8) is 0 Å². The van der Waals surface area contributed by atoms with Gasteiger partial charge >= 0.3 is 0 Å². The summed E-state index contributed by atoms with van der Waals surface area (Å²) in [5, 5.41) is 15.4. The number of hydrogen-bond acceptors (Lipinski definition) is 10. The van der Waals surface area contributed by atoms with Crippen LogP contribution in [0.4, 0.5) is 37.5 Å². The molecule has 15 heteroatoms. The van der Waals surface area contributed by atoms with Crippen LogP contribution in [0.3, 0.4) is 0 Å². The average Bonchev–Trinajstić information content (AvgIpc) is 3.37. The zero-order valence-corrected chi connectivity index (χ0v) is 23.4. The van der Waals surface area contributed by atoms with Crippen molar-refractivity contribution in [3.05, 3.63) is 59.5 Å². The van der Waals surface area contributed by atoms with Gasteiger partial charge in [-0.1, -0.05) is 6.07 Å². The van der Waals surface area contributed by atoms with Gasteiger partial charge in [0.1, 0.15) is 41.4 Å². The van der Waals surface area contributed by atoms with Gasteiger partial charge in [0.15, 0.2) is 11.5 Å². The zero-order valence-electron chi connectivity index (χ0n) is 22.6. The third-order valence-corrected chi connectivity index (χ3v) is 7.89. The predicted octanol–water partition coefficient (Wildman–Crippen LogP) is 5.03. The molecule has 1 aromatic carbocycles. The van der Waals surface area contributed by atoms with E-state index in [0.29, 0.717) is 19.3 Å². The van der Waals surface area contributed by atoms with Crippen LogP contribution in [0.25, 0.3) is 11.2 Å². The molecule has 5 rings (SSSR count). The second-order valence-corrected chi connectivity index (χ2v) is 11.6. The maximum atomic E-state index is 14.3. The minimum atomic E-state index is -3.74. The first-order valence-corrected chi connectivity index (χ1v) is 14.7. The van der Waals surface area contributed by atoms with Gasteiger partial charge in [0.2, 0.25) is 10.0 Å². The molecule has 1 saturated heterocycles. The van der Waals surface area contributed by atoms with Crippen molar-refractivity contribution in [2.45, 2.75) is 31.9 Å². The van der Waals surface area contributed by atoms with Crippen LogP contribution >= 0.6 is 0 Å². The number of sulfonamides is 1. The molecule has 0 amide bonds. The third kappa shape index (κ3) is 5.85. The zero-order chi connectivity index (χ0) is 30.0. The number of hydrogen-bond donors (Lipinski definition) is 2. The van der Waals surface area contributed by atoms with Crippen LogP contribution in [0, 0.1) is 11.3 Å². The molecule has 1 aliphatic heterocycles. The second-order valence-electron chi connectivity index (χ2n) is 9.58. The summed E-state index contributed by atoms with van der Waals surface area (Å²) in [4.78, 5) is 24.5. The molecular weight excluding hydrogens is 570 g/mol. The van der Waals surface area contributed by atoms with Crippen molar-refractivity contribution >= 4 is 56.2 Å². The monoisotopic (exact) mass is 596 g/mol. The normalized spacial score (nSPS) is 15.4. The van der Waals surface area contributed by atoms with Crippen molar-refractivity contribution in [1.29, 1.82) is 5.26 Å². The molecule has 0 aliphatic carbocycles. The lowest BCUT2D eigenvalue weighted by atomic mass is 10.1. The summed E-state index contributed by atoms with van der Waals surface area (Å²) in [5.74, 6) is -0.0550. The Morgan fingerprint density at radius 2 is 1.93 bits per heavy atom. The average molecular weight is 597 g/mol. The SMILES string of the molecule is CN(c1cc(C=O)ccc1Nc1cc(Nc2cccc(C#N)n2)nc2c1nc(C(F)F)n2C1CCCCO1)S(C)(=O)=O. The molecule has 4 heterocycles. The smallest absolute Gasteiger partial charge is 0.295 e. The highest BCUT2D eigenvalue weighted by atomic mass is 32.2. The summed E-state index contributed by atoms with van der Waals surface area (Å²) >= 11 is 0. The molecule has 1 unspecified atom stereocenters. The molecule has 2 N–H and O–H groups in total. The lowest BCUT2D eigenvalue weighted by Crippen LogP contribution is -2.25. The highest BCUT2D eigenvalue weighted by Gasteiger charge is 2.29. The first-order chi connectivity index (χ1) is 20.1. The number of nitrogens with one attached hydrogen (secondary N) is 2. The van der Waals surface area contributed by atoms with Crippen molar-refractivity contribution in [2.24, 2.45) is 0 Å². The van der Waals surface area contributed by atoms with E-state index in [1.54, 1.807) is 12.1 Å². The summed E-state index contributed by atoms with van der Waals surface area (Å²) in [6.45, 7) is 0.394. The number of nitrogens with zero attached hydrogens (tertiary/aromatic N) is 6. The highest BCUT2D eigenvalue weighted by Crippen LogP contribution is 2.38. The van der Waals surface area contributed by atoms with Crippen LogP contribution in [0.1, 0.15) is 53.8 Å². The number of ether oxygens (including phenoxy) is 1. The molecule has 1 fully saturated rings. The fourth-order valence-electron chi connectivity index (χ4n) is 4.61. The number of carbonyl (C=O) groups is 1. The van der Waals surface area contributed by atoms with Crippen LogP contribution in [-0.2, 0) is 14.8 Å². The van der Waals surface area contributed by atoms with E-state index >= 15 is 0 Å². The summed E-state index contributed by atoms with van der Waals surface area (Å²) in [6, 6.07) is 12.6. The van der Waals surface area contributed by atoms with Gasteiger partial charge in [0.05, 0.1) is 23.3 Å². The first-order valence-electron chi connectivity index (χ1n) is 12.9. The number of carbonyl (C=O) groups excluding carboxylic acids is 1. The summed E-state index contributed by atoms with van der Waals surface area (Å²) in [5.41, 5.74) is 1.21. The van der Waals surface area contributed by atoms with E-state index in [2.05, 4.69) is 25.6 Å². The second kappa shape index (κ2) is 11.7. The number of aldehydes is 1. The molecule has 3 aromatic heterocycles. The van der Waals surface area contributed by atoms with Gasteiger partial charge < -0.3 is 15.4 Å². The van der Waals surface area contributed by atoms with Gasteiger partial charge in [0, 0.05) is 25.3 Å². The van der Waals surface area contributed by atoms with E-state index in [1.807, 2.05) is 6.07 Å². The number of aromatic nitrogens is 4. The number of imidazole rings is 1. The molecule has 0 spiro atoms. The fourth-order valence-corrected chi connectivity index (χ4v) is 5.12. The Hall–Kier alpha value is -4.68. The van der Waals surface area contributed by atoms with Gasteiger partial charge in [0.25, 0.3) is 6.43 Å². The number of benzene rings is 1. The maximum absolute atomic E-state index is 14.3. The van der Waals surface area contributed by atoms with Gasteiger partial charge in [-0.2, -0.15) is 5.26 Å².